The van der Waals surface area contributed by atoms with Crippen LogP contribution < -0.4 is 5.56 Å². The molecule has 0 saturated carbocycles. The topological polar surface area (TPSA) is 88.1 Å². The highest BCUT2D eigenvalue weighted by Crippen LogP contribution is 2.36. The lowest BCUT2D eigenvalue weighted by atomic mass is 9.92. The van der Waals surface area contributed by atoms with E-state index in [-0.39, 0.29) is 27.9 Å². The second kappa shape index (κ2) is 9.11. The largest absolute Gasteiger partial charge is 0.377 e. The molecule has 0 aliphatic carbocycles. The first kappa shape index (κ1) is 24.4. The van der Waals surface area contributed by atoms with Gasteiger partial charge in [-0.05, 0) is 36.2 Å². The van der Waals surface area contributed by atoms with E-state index in [9.17, 15) is 13.2 Å². The molecule has 8 nitrogen and oxygen atoms in total. The van der Waals surface area contributed by atoms with Crippen molar-refractivity contribution >= 4 is 20.9 Å². The number of benzene rings is 2. The molecule has 1 unspecified atom stereocenters. The number of nitrogens with zero attached hydrogens (tertiary/aromatic N) is 4. The summed E-state index contributed by atoms with van der Waals surface area (Å²) in [6.45, 7) is 5.09. The van der Waals surface area contributed by atoms with E-state index in [2.05, 4.69) is 12.0 Å². The van der Waals surface area contributed by atoms with Gasteiger partial charge in [-0.2, -0.15) is 5.10 Å². The maximum atomic E-state index is 14.2. The van der Waals surface area contributed by atoms with E-state index in [0.717, 1.165) is 16.7 Å². The number of rotatable bonds is 6. The first-order valence-corrected chi connectivity index (χ1v) is 13.9. The van der Waals surface area contributed by atoms with Gasteiger partial charge in [-0.15, -0.1) is 0 Å². The Morgan fingerprint density at radius 3 is 2.39 bits per heavy atom. The van der Waals surface area contributed by atoms with Crippen LogP contribution in [0.15, 0.2) is 88.9 Å². The van der Waals surface area contributed by atoms with Gasteiger partial charge in [0, 0.05) is 36.3 Å². The van der Waals surface area contributed by atoms with E-state index in [4.69, 9.17) is 4.74 Å². The standard InChI is InChI=1S/C29H28N4O4S/c1-19-9-11-24(12-10-19)38(35,36)33-27(22-14-30-32(15-22)23-17-37-18-23)13-25-26(16-31(3)29(34)28(25)33)20(2)21-7-5-4-6-8-21/h4-16,20,23H,17-18H2,1-3H3. The number of pyridine rings is 1. The second-order valence-electron chi connectivity index (χ2n) is 9.91. The highest BCUT2D eigenvalue weighted by molar-refractivity contribution is 7.90. The average molecular weight is 529 g/mol. The second-order valence-corrected chi connectivity index (χ2v) is 11.7. The Kier molecular flexibility index (Phi) is 5.85. The smallest absolute Gasteiger partial charge is 0.275 e. The van der Waals surface area contributed by atoms with E-state index in [1.165, 1.54) is 8.54 Å². The molecule has 6 rings (SSSR count). The summed E-state index contributed by atoms with van der Waals surface area (Å²) in [4.78, 5) is 13.8. The third-order valence-corrected chi connectivity index (χ3v) is 9.07. The summed E-state index contributed by atoms with van der Waals surface area (Å²) in [5.41, 5.74) is 3.64. The van der Waals surface area contributed by atoms with Gasteiger partial charge < -0.3 is 9.30 Å². The van der Waals surface area contributed by atoms with Crippen LogP contribution in [-0.2, 0) is 21.8 Å². The molecule has 0 bridgehead atoms. The number of ether oxygens (including phenoxy) is 1. The molecule has 1 atom stereocenters. The zero-order valence-electron chi connectivity index (χ0n) is 21.4. The molecule has 0 amide bonds. The van der Waals surface area contributed by atoms with Gasteiger partial charge >= 0.3 is 0 Å². The fraction of sp³-hybridized carbons (Fsp3) is 0.241. The molecular formula is C29H28N4O4S. The SMILES string of the molecule is Cc1ccc(S(=O)(=O)n2c(-c3cnn(C4COC4)c3)cc3c(C(C)c4ccccc4)cn(C)c(=O)c32)cc1. The molecular weight excluding hydrogens is 500 g/mol. The molecule has 0 radical (unpaired) electrons. The molecule has 0 N–H and O–H groups in total. The minimum absolute atomic E-state index is 0.0777. The van der Waals surface area contributed by atoms with Crippen molar-refractivity contribution in [1.29, 1.82) is 0 Å². The van der Waals surface area contributed by atoms with E-state index in [1.54, 1.807) is 42.2 Å². The van der Waals surface area contributed by atoms with Crippen LogP contribution in [0.2, 0.25) is 0 Å². The van der Waals surface area contributed by atoms with Crippen LogP contribution in [0.4, 0.5) is 0 Å². The van der Waals surface area contributed by atoms with Gasteiger partial charge in [0.1, 0.15) is 5.52 Å². The predicted molar refractivity (Wildman–Crippen MR) is 146 cm³/mol. The van der Waals surface area contributed by atoms with Crippen LogP contribution in [0, 0.1) is 6.92 Å². The normalized spacial score (nSPS) is 15.0. The highest BCUT2D eigenvalue weighted by Gasteiger charge is 2.30. The van der Waals surface area contributed by atoms with Crippen LogP contribution in [0.1, 0.15) is 35.6 Å². The number of hydrogen-bond donors (Lipinski definition) is 0. The van der Waals surface area contributed by atoms with Crippen molar-refractivity contribution in [1.82, 2.24) is 18.3 Å². The summed E-state index contributed by atoms with van der Waals surface area (Å²) in [6, 6.07) is 18.6. The van der Waals surface area contributed by atoms with Crippen molar-refractivity contribution in [3.63, 3.8) is 0 Å². The molecule has 3 aromatic heterocycles. The minimum Gasteiger partial charge on any atom is -0.377 e. The van der Waals surface area contributed by atoms with Gasteiger partial charge in [-0.1, -0.05) is 55.0 Å². The van der Waals surface area contributed by atoms with Crippen molar-refractivity contribution in [2.24, 2.45) is 7.05 Å². The zero-order valence-corrected chi connectivity index (χ0v) is 22.2. The van der Waals surface area contributed by atoms with Gasteiger partial charge in [-0.3, -0.25) is 9.48 Å². The number of fused-ring (bicyclic) bond motifs is 1. The highest BCUT2D eigenvalue weighted by atomic mass is 32.2. The van der Waals surface area contributed by atoms with E-state index in [0.29, 0.717) is 29.9 Å². The summed E-state index contributed by atoms with van der Waals surface area (Å²) < 4.78 is 38.2. The van der Waals surface area contributed by atoms with Crippen LogP contribution >= 0.6 is 0 Å². The van der Waals surface area contributed by atoms with E-state index < -0.39 is 10.0 Å². The minimum atomic E-state index is -4.13. The van der Waals surface area contributed by atoms with Crippen LogP contribution in [0.3, 0.4) is 0 Å². The molecule has 9 heteroatoms. The monoisotopic (exact) mass is 528 g/mol. The molecule has 1 fully saturated rings. The van der Waals surface area contributed by atoms with Gasteiger partial charge in [0.05, 0.1) is 36.0 Å². The van der Waals surface area contributed by atoms with Crippen LogP contribution in [-0.4, -0.2) is 40.0 Å². The van der Waals surface area contributed by atoms with Gasteiger partial charge in [-0.25, -0.2) is 12.4 Å². The first-order valence-electron chi connectivity index (χ1n) is 12.5. The van der Waals surface area contributed by atoms with Crippen molar-refractivity contribution in [2.45, 2.75) is 30.7 Å². The van der Waals surface area contributed by atoms with E-state index in [1.807, 2.05) is 55.7 Å². The predicted octanol–water partition coefficient (Wildman–Crippen LogP) is 4.47. The molecule has 4 heterocycles. The van der Waals surface area contributed by atoms with Crippen molar-refractivity contribution < 1.29 is 13.2 Å². The van der Waals surface area contributed by atoms with Crippen molar-refractivity contribution in [3.8, 4) is 11.3 Å². The molecule has 5 aromatic rings. The molecule has 1 saturated heterocycles. The fourth-order valence-corrected chi connectivity index (χ4v) is 6.52. The van der Waals surface area contributed by atoms with Crippen LogP contribution in [0.25, 0.3) is 22.2 Å². The van der Waals surface area contributed by atoms with Crippen LogP contribution in [0.5, 0.6) is 0 Å². The van der Waals surface area contributed by atoms with Gasteiger partial charge in [0.2, 0.25) is 0 Å². The molecule has 38 heavy (non-hydrogen) atoms. The summed E-state index contributed by atoms with van der Waals surface area (Å²) in [5.74, 6) is -0.0777. The zero-order chi connectivity index (χ0) is 26.6. The first-order chi connectivity index (χ1) is 18.3. The maximum absolute atomic E-state index is 14.2. The third-order valence-electron chi connectivity index (χ3n) is 7.34. The van der Waals surface area contributed by atoms with Crippen molar-refractivity contribution in [2.75, 3.05) is 13.2 Å². The van der Waals surface area contributed by atoms with Gasteiger partial charge in [0.15, 0.2) is 0 Å². The molecule has 1 aliphatic heterocycles. The van der Waals surface area contributed by atoms with Crippen molar-refractivity contribution in [3.05, 3.63) is 106 Å². The van der Waals surface area contributed by atoms with Gasteiger partial charge in [0.25, 0.3) is 15.6 Å². The number of hydrogen-bond acceptors (Lipinski definition) is 5. The Bertz CT molecular complexity index is 1810. The third kappa shape index (κ3) is 3.90. The molecule has 2 aromatic carbocycles. The number of aromatic nitrogens is 4. The molecule has 194 valence electrons. The Balaban J connectivity index is 1.66. The Hall–Kier alpha value is -3.95. The lowest BCUT2D eigenvalue weighted by Crippen LogP contribution is -2.30. The quantitative estimate of drug-likeness (QED) is 0.325. The Morgan fingerprint density at radius 2 is 1.74 bits per heavy atom. The molecule has 1 aliphatic rings. The summed E-state index contributed by atoms with van der Waals surface area (Å²) in [6.07, 6.45) is 5.29. The number of aryl methyl sites for hydroxylation is 2. The summed E-state index contributed by atoms with van der Waals surface area (Å²) >= 11 is 0. The Morgan fingerprint density at radius 1 is 1.03 bits per heavy atom. The summed E-state index contributed by atoms with van der Waals surface area (Å²) in [7, 11) is -2.47. The maximum Gasteiger partial charge on any atom is 0.275 e. The van der Waals surface area contributed by atoms with E-state index >= 15 is 0 Å². The fourth-order valence-electron chi connectivity index (χ4n) is 5.00. The average Bonchev–Trinajstić information content (AvgIpc) is 3.51. The lowest BCUT2D eigenvalue weighted by Gasteiger charge is -2.25. The lowest BCUT2D eigenvalue weighted by molar-refractivity contribution is -0.0286. The Labute approximate surface area is 220 Å². The summed E-state index contributed by atoms with van der Waals surface area (Å²) in [5, 5.41) is 5.09. The molecule has 0 spiro atoms.